The summed E-state index contributed by atoms with van der Waals surface area (Å²) in [7, 11) is 0. The molecule has 1 aliphatic rings. The molecule has 0 aliphatic heterocycles. The van der Waals surface area contributed by atoms with Crippen LogP contribution in [0.1, 0.15) is 29.5 Å². The van der Waals surface area contributed by atoms with Gasteiger partial charge in [-0.3, -0.25) is 9.59 Å². The Balaban J connectivity index is 1.31. The summed E-state index contributed by atoms with van der Waals surface area (Å²) in [6, 6.07) is 13.9. The highest BCUT2D eigenvalue weighted by atomic mass is 32.1. The Morgan fingerprint density at radius 2 is 1.96 bits per heavy atom. The fourth-order valence-electron chi connectivity index (χ4n) is 3.62. The van der Waals surface area contributed by atoms with Crippen LogP contribution in [0, 0.1) is 5.92 Å². The van der Waals surface area contributed by atoms with Gasteiger partial charge in [0.15, 0.2) is 5.13 Å². The molecule has 3 aromatic rings. The van der Waals surface area contributed by atoms with Crippen LogP contribution < -0.4 is 10.6 Å². The minimum absolute atomic E-state index is 0.0513. The molecule has 1 unspecified atom stereocenters. The van der Waals surface area contributed by atoms with Crippen molar-refractivity contribution in [3.8, 4) is 0 Å². The fraction of sp³-hybridized carbons (Fsp3) is 0.318. The Labute approximate surface area is 168 Å². The van der Waals surface area contributed by atoms with Gasteiger partial charge in [-0.25, -0.2) is 4.98 Å². The summed E-state index contributed by atoms with van der Waals surface area (Å²) in [6.07, 6.45) is 3.40. The fourth-order valence-corrected chi connectivity index (χ4v) is 4.81. The molecule has 4 rings (SSSR count). The molecule has 28 heavy (non-hydrogen) atoms. The van der Waals surface area contributed by atoms with E-state index in [4.69, 9.17) is 0 Å². The van der Waals surface area contributed by atoms with Crippen molar-refractivity contribution in [3.05, 3.63) is 58.6 Å². The molecule has 2 N–H and O–H groups in total. The van der Waals surface area contributed by atoms with Crippen molar-refractivity contribution in [2.45, 2.75) is 32.6 Å². The number of carbonyl (C=O) groups is 2. The zero-order valence-electron chi connectivity index (χ0n) is 15.8. The third-order valence-electron chi connectivity index (χ3n) is 5.11. The minimum atomic E-state index is -0.245. The van der Waals surface area contributed by atoms with Crippen LogP contribution in [-0.2, 0) is 28.9 Å². The predicted octanol–water partition coefficient (Wildman–Crippen LogP) is 3.72. The summed E-state index contributed by atoms with van der Waals surface area (Å²) >= 11 is 1.55. The van der Waals surface area contributed by atoms with Gasteiger partial charge in [-0.1, -0.05) is 49.4 Å². The summed E-state index contributed by atoms with van der Waals surface area (Å²) in [6.45, 7) is 2.19. The number of rotatable bonds is 5. The van der Waals surface area contributed by atoms with E-state index in [0.29, 0.717) is 11.0 Å². The predicted molar refractivity (Wildman–Crippen MR) is 113 cm³/mol. The molecule has 1 atom stereocenters. The van der Waals surface area contributed by atoms with Crippen molar-refractivity contribution in [1.29, 1.82) is 0 Å². The first-order chi connectivity index (χ1) is 13.6. The van der Waals surface area contributed by atoms with E-state index in [1.807, 2.05) is 42.5 Å². The number of thiazole rings is 1. The molecule has 0 saturated heterocycles. The molecule has 2 aromatic carbocycles. The Hall–Kier alpha value is -2.73. The van der Waals surface area contributed by atoms with Crippen molar-refractivity contribution in [2.24, 2.45) is 5.92 Å². The number of fused-ring (bicyclic) bond motifs is 2. The zero-order valence-corrected chi connectivity index (χ0v) is 16.6. The quantitative estimate of drug-likeness (QED) is 0.694. The molecular formula is C22H23N3O2S. The summed E-state index contributed by atoms with van der Waals surface area (Å²) in [5.74, 6) is 0.258. The van der Waals surface area contributed by atoms with Crippen LogP contribution in [0.15, 0.2) is 42.5 Å². The Morgan fingerprint density at radius 1 is 1.14 bits per heavy atom. The third-order valence-corrected chi connectivity index (χ3v) is 6.14. The second kappa shape index (κ2) is 8.10. The number of aromatic nitrogens is 1. The molecule has 6 heteroatoms. The van der Waals surface area contributed by atoms with Crippen molar-refractivity contribution in [2.75, 3.05) is 11.9 Å². The molecule has 5 nitrogen and oxygen atoms in total. The molecule has 2 amide bonds. The van der Waals surface area contributed by atoms with Crippen LogP contribution in [0.2, 0.25) is 0 Å². The molecular weight excluding hydrogens is 370 g/mol. The summed E-state index contributed by atoms with van der Waals surface area (Å²) in [5.41, 5.74) is 2.07. The van der Waals surface area contributed by atoms with Crippen LogP contribution in [0.3, 0.4) is 0 Å². The number of carbonyl (C=O) groups excluding carboxylic acids is 2. The lowest BCUT2D eigenvalue weighted by Gasteiger charge is -2.15. The molecule has 0 bridgehead atoms. The number of hydrogen-bond acceptors (Lipinski definition) is 4. The topological polar surface area (TPSA) is 71.1 Å². The van der Waals surface area contributed by atoms with Gasteiger partial charge < -0.3 is 10.6 Å². The van der Waals surface area contributed by atoms with E-state index < -0.39 is 0 Å². The van der Waals surface area contributed by atoms with Gasteiger partial charge >= 0.3 is 0 Å². The molecule has 0 spiro atoms. The number of nitrogens with zero attached hydrogens (tertiary/aromatic N) is 1. The van der Waals surface area contributed by atoms with E-state index in [-0.39, 0.29) is 24.8 Å². The number of aryl methyl sites for hydroxylation is 1. The first kappa shape index (κ1) is 18.6. The molecule has 0 radical (unpaired) electrons. The highest BCUT2D eigenvalue weighted by molar-refractivity contribution is 7.15. The van der Waals surface area contributed by atoms with Gasteiger partial charge in [0.25, 0.3) is 0 Å². The lowest BCUT2D eigenvalue weighted by Crippen LogP contribution is -2.33. The van der Waals surface area contributed by atoms with Crippen LogP contribution in [-0.4, -0.2) is 23.3 Å². The molecule has 144 valence electrons. The maximum absolute atomic E-state index is 12.3. The highest BCUT2D eigenvalue weighted by Gasteiger charge is 2.20. The minimum Gasteiger partial charge on any atom is -0.347 e. The van der Waals surface area contributed by atoms with Gasteiger partial charge in [-0.2, -0.15) is 0 Å². The van der Waals surface area contributed by atoms with Crippen molar-refractivity contribution in [1.82, 2.24) is 10.3 Å². The summed E-state index contributed by atoms with van der Waals surface area (Å²) in [4.78, 5) is 30.3. The van der Waals surface area contributed by atoms with Crippen molar-refractivity contribution in [3.63, 3.8) is 0 Å². The number of anilines is 1. The van der Waals surface area contributed by atoms with Gasteiger partial charge in [-0.05, 0) is 41.5 Å². The lowest BCUT2D eigenvalue weighted by atomic mass is 9.93. The van der Waals surface area contributed by atoms with Gasteiger partial charge in [0.2, 0.25) is 11.8 Å². The van der Waals surface area contributed by atoms with Gasteiger partial charge in [0, 0.05) is 4.88 Å². The number of hydrogen-bond donors (Lipinski definition) is 2. The summed E-state index contributed by atoms with van der Waals surface area (Å²) < 4.78 is 0. The van der Waals surface area contributed by atoms with E-state index in [2.05, 4.69) is 22.5 Å². The van der Waals surface area contributed by atoms with E-state index in [1.165, 1.54) is 4.88 Å². The SMILES string of the molecule is CC1CCc2nc(NC(=O)CNC(=O)Cc3cccc4ccccc34)sc2C1. The third kappa shape index (κ3) is 4.22. The average Bonchev–Trinajstić information content (AvgIpc) is 3.08. The first-order valence-electron chi connectivity index (χ1n) is 9.60. The maximum Gasteiger partial charge on any atom is 0.245 e. The largest absolute Gasteiger partial charge is 0.347 e. The van der Waals surface area contributed by atoms with Crippen LogP contribution in [0.4, 0.5) is 5.13 Å². The van der Waals surface area contributed by atoms with Crippen molar-refractivity contribution < 1.29 is 9.59 Å². The smallest absolute Gasteiger partial charge is 0.245 e. The standard InChI is InChI=1S/C22H23N3O2S/c1-14-9-10-18-19(11-14)28-22(24-18)25-21(27)13-23-20(26)12-16-7-4-6-15-5-2-3-8-17(15)16/h2-8,14H,9-13H2,1H3,(H,23,26)(H,24,25,27). The van der Waals surface area contributed by atoms with Crippen LogP contribution >= 0.6 is 11.3 Å². The van der Waals surface area contributed by atoms with E-state index >= 15 is 0 Å². The lowest BCUT2D eigenvalue weighted by molar-refractivity contribution is -0.123. The normalized spacial score (nSPS) is 15.8. The van der Waals surface area contributed by atoms with E-state index in [9.17, 15) is 9.59 Å². The highest BCUT2D eigenvalue weighted by Crippen LogP contribution is 2.32. The Morgan fingerprint density at radius 3 is 2.86 bits per heavy atom. The monoisotopic (exact) mass is 393 g/mol. The zero-order chi connectivity index (χ0) is 19.5. The van der Waals surface area contributed by atoms with Gasteiger partial charge in [0.1, 0.15) is 0 Å². The van der Waals surface area contributed by atoms with Gasteiger partial charge in [0.05, 0.1) is 18.7 Å². The maximum atomic E-state index is 12.3. The molecule has 0 fully saturated rings. The average molecular weight is 394 g/mol. The van der Waals surface area contributed by atoms with Crippen LogP contribution in [0.5, 0.6) is 0 Å². The Kier molecular flexibility index (Phi) is 5.39. The molecule has 1 aliphatic carbocycles. The van der Waals surface area contributed by atoms with Crippen LogP contribution in [0.25, 0.3) is 10.8 Å². The van der Waals surface area contributed by atoms with Crippen molar-refractivity contribution >= 4 is 39.1 Å². The second-order valence-corrected chi connectivity index (χ2v) is 8.46. The summed E-state index contributed by atoms with van der Waals surface area (Å²) in [5, 5.41) is 8.33. The van der Waals surface area contributed by atoms with E-state index in [1.54, 1.807) is 11.3 Å². The molecule has 1 aromatic heterocycles. The number of amides is 2. The van der Waals surface area contributed by atoms with E-state index in [0.717, 1.165) is 41.3 Å². The second-order valence-electron chi connectivity index (χ2n) is 7.38. The molecule has 0 saturated carbocycles. The van der Waals surface area contributed by atoms with Gasteiger partial charge in [-0.15, -0.1) is 11.3 Å². The Bertz CT molecular complexity index is 1020. The first-order valence-corrected chi connectivity index (χ1v) is 10.4. The number of nitrogens with one attached hydrogen (secondary N) is 2. The number of benzene rings is 2. The molecule has 1 heterocycles.